The van der Waals surface area contributed by atoms with Crippen molar-refractivity contribution in [2.75, 3.05) is 5.73 Å². The molecule has 0 fully saturated rings. The lowest BCUT2D eigenvalue weighted by Gasteiger charge is -1.95. The molecule has 0 saturated heterocycles. The highest BCUT2D eigenvalue weighted by Crippen LogP contribution is 2.21. The number of nitrogens with two attached hydrogens (primary N) is 1. The van der Waals surface area contributed by atoms with Gasteiger partial charge in [0.05, 0.1) is 5.69 Å². The fourth-order valence-corrected chi connectivity index (χ4v) is 1.54. The molecule has 2 N–H and O–H groups in total. The minimum atomic E-state index is 0.639. The molecule has 14 heavy (non-hydrogen) atoms. The van der Waals surface area contributed by atoms with Crippen molar-refractivity contribution in [1.29, 1.82) is 0 Å². The molecule has 2 aromatic heterocycles. The zero-order valence-electron chi connectivity index (χ0n) is 7.61. The highest BCUT2D eigenvalue weighted by molar-refractivity contribution is 9.10. The van der Waals surface area contributed by atoms with Gasteiger partial charge in [-0.2, -0.15) is 5.10 Å². The third kappa shape index (κ3) is 1.63. The largest absolute Gasteiger partial charge is 0.384 e. The number of hydrogen-bond donors (Lipinski definition) is 1. The molecule has 2 rings (SSSR count). The number of rotatable bonds is 1. The number of nitrogens with zero attached hydrogens (tertiary/aromatic N) is 3. The van der Waals surface area contributed by atoms with E-state index in [2.05, 4.69) is 26.0 Å². The normalized spacial score (nSPS) is 10.4. The summed E-state index contributed by atoms with van der Waals surface area (Å²) in [5, 5.41) is 4.25. The average Bonchev–Trinajstić information content (AvgIpc) is 2.47. The van der Waals surface area contributed by atoms with Crippen LogP contribution < -0.4 is 5.73 Å². The summed E-state index contributed by atoms with van der Waals surface area (Å²) in [5.74, 6) is 0.639. The molecule has 2 aromatic rings. The maximum absolute atomic E-state index is 5.68. The van der Waals surface area contributed by atoms with Crippen molar-refractivity contribution in [2.24, 2.45) is 7.05 Å². The van der Waals surface area contributed by atoms with Crippen molar-refractivity contribution in [3.8, 4) is 11.3 Å². The molecule has 0 bridgehead atoms. The van der Waals surface area contributed by atoms with Gasteiger partial charge in [-0.05, 0) is 22.0 Å². The van der Waals surface area contributed by atoms with Crippen molar-refractivity contribution >= 4 is 21.7 Å². The number of halogens is 1. The van der Waals surface area contributed by atoms with Crippen LogP contribution in [0.4, 0.5) is 5.82 Å². The summed E-state index contributed by atoms with van der Waals surface area (Å²) >= 11 is 3.36. The number of nitrogen functional groups attached to an aromatic ring is 1. The lowest BCUT2D eigenvalue weighted by Crippen LogP contribution is -1.96. The molecular formula is C9H9BrN4. The number of aryl methyl sites for hydroxylation is 1. The molecule has 0 unspecified atom stereocenters. The van der Waals surface area contributed by atoms with E-state index in [1.165, 1.54) is 0 Å². The molecule has 0 aliphatic carbocycles. The first-order chi connectivity index (χ1) is 6.66. The molecule has 0 radical (unpaired) electrons. The van der Waals surface area contributed by atoms with Gasteiger partial charge < -0.3 is 5.73 Å². The second-order valence-corrected chi connectivity index (χ2v) is 3.89. The first-order valence-corrected chi connectivity index (χ1v) is 4.86. The summed E-state index contributed by atoms with van der Waals surface area (Å²) in [4.78, 5) is 4.06. The molecule has 0 aliphatic rings. The molecule has 72 valence electrons. The Bertz CT molecular complexity index is 444. The predicted octanol–water partition coefficient (Wildman–Crippen LogP) is 1.83. The molecule has 2 heterocycles. The molecule has 0 saturated carbocycles. The van der Waals surface area contributed by atoms with Gasteiger partial charge in [-0.15, -0.1) is 0 Å². The Morgan fingerprint density at radius 3 is 2.71 bits per heavy atom. The van der Waals surface area contributed by atoms with Crippen LogP contribution in [0.15, 0.2) is 29.0 Å². The van der Waals surface area contributed by atoms with Gasteiger partial charge in [-0.3, -0.25) is 9.67 Å². The van der Waals surface area contributed by atoms with E-state index in [1.807, 2.05) is 19.2 Å². The van der Waals surface area contributed by atoms with Crippen LogP contribution in [0, 0.1) is 0 Å². The number of hydrogen-bond acceptors (Lipinski definition) is 3. The third-order valence-corrected chi connectivity index (χ3v) is 2.35. The quantitative estimate of drug-likeness (QED) is 0.843. The molecule has 0 amide bonds. The Kier molecular flexibility index (Phi) is 2.25. The van der Waals surface area contributed by atoms with Gasteiger partial charge >= 0.3 is 0 Å². The second kappa shape index (κ2) is 3.42. The van der Waals surface area contributed by atoms with Gasteiger partial charge in [0.1, 0.15) is 5.82 Å². The maximum Gasteiger partial charge on any atom is 0.121 e. The van der Waals surface area contributed by atoms with Crippen LogP contribution in [-0.4, -0.2) is 14.8 Å². The molecule has 0 atom stereocenters. The van der Waals surface area contributed by atoms with Gasteiger partial charge in [0.25, 0.3) is 0 Å². The zero-order valence-corrected chi connectivity index (χ0v) is 9.19. The zero-order chi connectivity index (χ0) is 10.1. The summed E-state index contributed by atoms with van der Waals surface area (Å²) in [7, 11) is 1.81. The first-order valence-electron chi connectivity index (χ1n) is 4.07. The molecule has 0 spiro atoms. The van der Waals surface area contributed by atoms with Crippen LogP contribution in [0.2, 0.25) is 0 Å². The highest BCUT2D eigenvalue weighted by Gasteiger charge is 2.04. The molecule has 4 nitrogen and oxygen atoms in total. The lowest BCUT2D eigenvalue weighted by molar-refractivity contribution is 0.782. The molecule has 0 aliphatic heterocycles. The molecule has 0 aromatic carbocycles. The number of pyridine rings is 1. The maximum atomic E-state index is 5.68. The number of aromatic nitrogens is 3. The van der Waals surface area contributed by atoms with Crippen molar-refractivity contribution in [3.05, 3.63) is 29.0 Å². The summed E-state index contributed by atoms with van der Waals surface area (Å²) < 4.78 is 2.56. The Morgan fingerprint density at radius 1 is 1.36 bits per heavy atom. The van der Waals surface area contributed by atoms with Gasteiger partial charge in [0, 0.05) is 35.5 Å². The average molecular weight is 253 g/mol. The van der Waals surface area contributed by atoms with Gasteiger partial charge in [0.2, 0.25) is 0 Å². The van der Waals surface area contributed by atoms with Crippen LogP contribution in [0.25, 0.3) is 11.3 Å². The summed E-state index contributed by atoms with van der Waals surface area (Å²) in [6.45, 7) is 0. The lowest BCUT2D eigenvalue weighted by atomic mass is 10.2. The number of anilines is 1. The Morgan fingerprint density at radius 2 is 2.14 bits per heavy atom. The van der Waals surface area contributed by atoms with Gasteiger partial charge in [-0.25, -0.2) is 0 Å². The second-order valence-electron chi connectivity index (χ2n) is 2.97. The smallest absolute Gasteiger partial charge is 0.121 e. The standard InChI is InChI=1S/C9H9BrN4/c1-14-9(11)3-8(13-14)6-2-7(10)5-12-4-6/h2-5H,11H2,1H3. The fraction of sp³-hybridized carbons (Fsp3) is 0.111. The van der Waals surface area contributed by atoms with E-state index >= 15 is 0 Å². The summed E-state index contributed by atoms with van der Waals surface area (Å²) in [6.07, 6.45) is 3.49. The predicted molar refractivity (Wildman–Crippen MR) is 58.6 cm³/mol. The Labute approximate surface area is 89.9 Å². The monoisotopic (exact) mass is 252 g/mol. The Hall–Kier alpha value is -1.36. The molecule has 5 heteroatoms. The minimum Gasteiger partial charge on any atom is -0.384 e. The van der Waals surface area contributed by atoms with E-state index in [-0.39, 0.29) is 0 Å². The van der Waals surface area contributed by atoms with Crippen LogP contribution in [0.5, 0.6) is 0 Å². The van der Waals surface area contributed by atoms with Crippen molar-refractivity contribution < 1.29 is 0 Å². The van der Waals surface area contributed by atoms with E-state index < -0.39 is 0 Å². The van der Waals surface area contributed by atoms with E-state index in [4.69, 9.17) is 5.73 Å². The first kappa shape index (κ1) is 9.21. The topological polar surface area (TPSA) is 56.7 Å². The van der Waals surface area contributed by atoms with Crippen LogP contribution >= 0.6 is 15.9 Å². The van der Waals surface area contributed by atoms with E-state index in [0.717, 1.165) is 15.7 Å². The van der Waals surface area contributed by atoms with Crippen LogP contribution in [0.3, 0.4) is 0 Å². The van der Waals surface area contributed by atoms with Crippen LogP contribution in [0.1, 0.15) is 0 Å². The van der Waals surface area contributed by atoms with E-state index in [0.29, 0.717) is 5.82 Å². The van der Waals surface area contributed by atoms with Crippen molar-refractivity contribution in [3.63, 3.8) is 0 Å². The van der Waals surface area contributed by atoms with Gasteiger partial charge in [-0.1, -0.05) is 0 Å². The van der Waals surface area contributed by atoms with E-state index in [1.54, 1.807) is 17.1 Å². The Balaban J connectivity index is 2.49. The molecular weight excluding hydrogens is 244 g/mol. The fourth-order valence-electron chi connectivity index (χ4n) is 1.17. The highest BCUT2D eigenvalue weighted by atomic mass is 79.9. The third-order valence-electron chi connectivity index (χ3n) is 1.92. The van der Waals surface area contributed by atoms with Crippen molar-refractivity contribution in [2.45, 2.75) is 0 Å². The van der Waals surface area contributed by atoms with Crippen molar-refractivity contribution in [1.82, 2.24) is 14.8 Å². The summed E-state index contributed by atoms with van der Waals surface area (Å²) in [6, 6.07) is 3.78. The van der Waals surface area contributed by atoms with Gasteiger partial charge in [0.15, 0.2) is 0 Å². The minimum absolute atomic E-state index is 0.639. The summed E-state index contributed by atoms with van der Waals surface area (Å²) in [5.41, 5.74) is 7.47. The van der Waals surface area contributed by atoms with Crippen LogP contribution in [-0.2, 0) is 7.05 Å². The van der Waals surface area contributed by atoms with E-state index in [9.17, 15) is 0 Å². The SMILES string of the molecule is Cn1nc(-c2cncc(Br)c2)cc1N.